The molecule has 0 saturated carbocycles. The fraction of sp³-hybridized carbons (Fsp3) is 0.500. The second-order valence-corrected chi connectivity index (χ2v) is 5.15. The predicted molar refractivity (Wildman–Crippen MR) is 71.5 cm³/mol. The van der Waals surface area contributed by atoms with Gasteiger partial charge in [-0.2, -0.15) is 0 Å². The third kappa shape index (κ3) is 3.53. The van der Waals surface area contributed by atoms with Crippen LogP contribution in [0.5, 0.6) is 0 Å². The van der Waals surface area contributed by atoms with Gasteiger partial charge in [0.1, 0.15) is 0 Å². The second kappa shape index (κ2) is 5.82. The Kier molecular flexibility index (Phi) is 4.64. The fourth-order valence-corrected chi connectivity index (χ4v) is 1.57. The van der Waals surface area contributed by atoms with Crippen LogP contribution < -0.4 is 0 Å². The average molecular weight is 264 g/mol. The van der Waals surface area contributed by atoms with Crippen molar-refractivity contribution < 1.29 is 14.3 Å². The summed E-state index contributed by atoms with van der Waals surface area (Å²) in [4.78, 5) is 29.3. The number of amides is 1. The first kappa shape index (κ1) is 15.1. The maximum atomic E-state index is 12.2. The number of hydrogen-bond donors (Lipinski definition) is 0. The largest absolute Gasteiger partial charge is 0.452 e. The van der Waals surface area contributed by atoms with E-state index in [1.54, 1.807) is 53.3 Å². The van der Waals surface area contributed by atoms with E-state index in [-0.39, 0.29) is 5.91 Å². The van der Waals surface area contributed by atoms with E-state index in [9.17, 15) is 9.59 Å². The quantitative estimate of drug-likeness (QED) is 0.771. The van der Waals surface area contributed by atoms with Gasteiger partial charge in [-0.05, 0) is 32.4 Å². The summed E-state index contributed by atoms with van der Waals surface area (Å²) in [5.74, 6) is -0.682. The van der Waals surface area contributed by atoms with Gasteiger partial charge in [-0.1, -0.05) is 6.07 Å². The summed E-state index contributed by atoms with van der Waals surface area (Å²) in [5, 5.41) is 0. The Morgan fingerprint density at radius 1 is 1.37 bits per heavy atom. The summed E-state index contributed by atoms with van der Waals surface area (Å²) in [6.07, 6.45) is 2.47. The Morgan fingerprint density at radius 2 is 2.00 bits per heavy atom. The molecule has 5 nitrogen and oxygen atoms in total. The Morgan fingerprint density at radius 3 is 2.47 bits per heavy atom. The molecule has 5 heteroatoms. The van der Waals surface area contributed by atoms with Gasteiger partial charge in [0.25, 0.3) is 5.91 Å². The number of nitrogens with zero attached hydrogens (tertiary/aromatic N) is 2. The topological polar surface area (TPSA) is 59.5 Å². The normalized spacial score (nSPS) is 12.7. The second-order valence-electron chi connectivity index (χ2n) is 5.15. The highest BCUT2D eigenvalue weighted by atomic mass is 16.5. The van der Waals surface area contributed by atoms with Gasteiger partial charge < -0.3 is 9.64 Å². The van der Waals surface area contributed by atoms with Crippen molar-refractivity contribution >= 4 is 11.9 Å². The van der Waals surface area contributed by atoms with Gasteiger partial charge >= 0.3 is 5.97 Å². The molecule has 1 amide bonds. The van der Waals surface area contributed by atoms with Crippen molar-refractivity contribution in [1.29, 1.82) is 0 Å². The molecule has 0 aliphatic heterocycles. The molecule has 0 bridgehead atoms. The van der Waals surface area contributed by atoms with Crippen molar-refractivity contribution in [1.82, 2.24) is 9.88 Å². The van der Waals surface area contributed by atoms with E-state index in [1.807, 2.05) is 6.07 Å². The summed E-state index contributed by atoms with van der Waals surface area (Å²) >= 11 is 0. The van der Waals surface area contributed by atoms with Gasteiger partial charge in [0.2, 0.25) is 0 Å². The molecule has 0 aliphatic rings. The lowest BCUT2D eigenvalue weighted by molar-refractivity contribution is -0.162. The van der Waals surface area contributed by atoms with Crippen LogP contribution in [0.4, 0.5) is 0 Å². The molecule has 0 saturated heterocycles. The minimum Gasteiger partial charge on any atom is -0.452 e. The first-order chi connectivity index (χ1) is 8.76. The van der Waals surface area contributed by atoms with Gasteiger partial charge in [0, 0.05) is 26.5 Å². The third-order valence-corrected chi connectivity index (χ3v) is 2.97. The minimum atomic E-state index is -0.838. The Labute approximate surface area is 113 Å². The summed E-state index contributed by atoms with van der Waals surface area (Å²) in [6.45, 7) is 5.07. The highest BCUT2D eigenvalue weighted by Crippen LogP contribution is 2.24. The van der Waals surface area contributed by atoms with Crippen LogP contribution in [0, 0.1) is 0 Å². The lowest BCUT2D eigenvalue weighted by atomic mass is 9.86. The zero-order valence-electron chi connectivity index (χ0n) is 12.0. The van der Waals surface area contributed by atoms with E-state index in [0.717, 1.165) is 5.56 Å². The van der Waals surface area contributed by atoms with Crippen molar-refractivity contribution in [2.24, 2.45) is 0 Å². The van der Waals surface area contributed by atoms with E-state index < -0.39 is 17.5 Å². The van der Waals surface area contributed by atoms with E-state index in [2.05, 4.69) is 4.98 Å². The molecule has 104 valence electrons. The molecule has 1 atom stereocenters. The Balaban J connectivity index is 2.80. The van der Waals surface area contributed by atoms with Gasteiger partial charge in [-0.15, -0.1) is 0 Å². The monoisotopic (exact) mass is 264 g/mol. The molecule has 0 spiro atoms. The molecular formula is C14H20N2O3. The molecule has 1 heterocycles. The van der Waals surface area contributed by atoms with E-state index in [1.165, 1.54) is 4.90 Å². The molecule has 0 radical (unpaired) electrons. The predicted octanol–water partition coefficient (Wildman–Crippen LogP) is 1.38. The van der Waals surface area contributed by atoms with Gasteiger partial charge in [-0.25, -0.2) is 0 Å². The van der Waals surface area contributed by atoms with Crippen molar-refractivity contribution in [2.75, 3.05) is 14.1 Å². The minimum absolute atomic E-state index is 0.240. The number of aromatic nitrogens is 1. The lowest BCUT2D eigenvalue weighted by Gasteiger charge is -2.25. The standard InChI is InChI=1S/C14H20N2O3/c1-10(12(17)16(4)5)19-13(18)14(2,3)11-7-6-8-15-9-11/h6-10H,1-5H3. The number of esters is 1. The number of hydrogen-bond acceptors (Lipinski definition) is 4. The number of rotatable bonds is 4. The van der Waals surface area contributed by atoms with Gasteiger partial charge in [-0.3, -0.25) is 14.6 Å². The molecule has 1 unspecified atom stereocenters. The zero-order valence-corrected chi connectivity index (χ0v) is 12.0. The molecule has 19 heavy (non-hydrogen) atoms. The van der Waals surface area contributed by atoms with Crippen LogP contribution in [0.2, 0.25) is 0 Å². The van der Waals surface area contributed by atoms with Crippen LogP contribution in [0.15, 0.2) is 24.5 Å². The van der Waals surface area contributed by atoms with E-state index in [0.29, 0.717) is 0 Å². The summed E-state index contributed by atoms with van der Waals surface area (Å²) in [5.41, 5.74) is -0.0840. The van der Waals surface area contributed by atoms with Gasteiger partial charge in [0.15, 0.2) is 6.10 Å². The lowest BCUT2D eigenvalue weighted by Crippen LogP contribution is -2.40. The maximum Gasteiger partial charge on any atom is 0.316 e. The van der Waals surface area contributed by atoms with Crippen LogP contribution in [0.25, 0.3) is 0 Å². The van der Waals surface area contributed by atoms with Crippen LogP contribution >= 0.6 is 0 Å². The van der Waals surface area contributed by atoms with Crippen LogP contribution in [-0.2, 0) is 19.7 Å². The van der Waals surface area contributed by atoms with Crippen molar-refractivity contribution in [2.45, 2.75) is 32.3 Å². The van der Waals surface area contributed by atoms with E-state index >= 15 is 0 Å². The van der Waals surface area contributed by atoms with E-state index in [4.69, 9.17) is 4.74 Å². The first-order valence-electron chi connectivity index (χ1n) is 6.09. The molecule has 1 rings (SSSR count). The van der Waals surface area contributed by atoms with Crippen LogP contribution in [-0.4, -0.2) is 42.0 Å². The first-order valence-corrected chi connectivity index (χ1v) is 6.09. The zero-order chi connectivity index (χ0) is 14.6. The molecule has 0 aliphatic carbocycles. The smallest absolute Gasteiger partial charge is 0.316 e. The van der Waals surface area contributed by atoms with Crippen LogP contribution in [0.3, 0.4) is 0 Å². The number of likely N-dealkylation sites (N-methyl/N-ethyl adjacent to an activating group) is 1. The number of carbonyl (C=O) groups is 2. The SMILES string of the molecule is CC(OC(=O)C(C)(C)c1cccnc1)C(=O)N(C)C. The summed E-state index contributed by atoms with van der Waals surface area (Å²) < 4.78 is 5.23. The van der Waals surface area contributed by atoms with Crippen molar-refractivity contribution in [3.8, 4) is 0 Å². The molecular weight excluding hydrogens is 244 g/mol. The maximum absolute atomic E-state index is 12.2. The molecule has 0 fully saturated rings. The fourth-order valence-electron chi connectivity index (χ4n) is 1.57. The summed E-state index contributed by atoms with van der Waals surface area (Å²) in [6, 6.07) is 3.57. The molecule has 1 aromatic rings. The van der Waals surface area contributed by atoms with Gasteiger partial charge in [0.05, 0.1) is 5.41 Å². The van der Waals surface area contributed by atoms with Crippen LogP contribution in [0.1, 0.15) is 26.3 Å². The number of pyridine rings is 1. The molecule has 0 aromatic carbocycles. The third-order valence-electron chi connectivity index (χ3n) is 2.97. The average Bonchev–Trinajstić information content (AvgIpc) is 2.38. The van der Waals surface area contributed by atoms with Crippen molar-refractivity contribution in [3.05, 3.63) is 30.1 Å². The Bertz CT molecular complexity index is 455. The number of carbonyl (C=O) groups excluding carboxylic acids is 2. The van der Waals surface area contributed by atoms with Crippen molar-refractivity contribution in [3.63, 3.8) is 0 Å². The Hall–Kier alpha value is -1.91. The highest BCUT2D eigenvalue weighted by Gasteiger charge is 2.34. The molecule has 0 N–H and O–H groups in total. The number of ether oxygens (including phenoxy) is 1. The highest BCUT2D eigenvalue weighted by molar-refractivity contribution is 5.87. The summed E-state index contributed by atoms with van der Waals surface area (Å²) in [7, 11) is 3.25. The molecule has 1 aromatic heterocycles.